The topological polar surface area (TPSA) is 75.5 Å². The minimum Gasteiger partial charge on any atom is -0.345 e. The van der Waals surface area contributed by atoms with Crippen molar-refractivity contribution in [2.45, 2.75) is 45.6 Å². The van der Waals surface area contributed by atoms with E-state index in [1.165, 1.54) is 0 Å². The van der Waals surface area contributed by atoms with Crippen LogP contribution in [-0.4, -0.2) is 57.8 Å². The van der Waals surface area contributed by atoms with Crippen molar-refractivity contribution >= 4 is 11.8 Å². The Morgan fingerprint density at radius 3 is 2.50 bits per heavy atom. The van der Waals surface area contributed by atoms with Crippen LogP contribution in [0.1, 0.15) is 44.7 Å². The van der Waals surface area contributed by atoms with Crippen LogP contribution in [0.2, 0.25) is 0 Å². The lowest BCUT2D eigenvalue weighted by Crippen LogP contribution is -2.43. The highest BCUT2D eigenvalue weighted by molar-refractivity contribution is 5.89. The van der Waals surface area contributed by atoms with E-state index in [1.807, 2.05) is 18.7 Å². The fraction of sp³-hybridized carbons (Fsp3) is 0.684. The Hall–Kier alpha value is -2.18. The molecule has 1 aromatic heterocycles. The number of nitrogens with zero attached hydrogens (tertiary/aromatic N) is 4. The second-order valence-corrected chi connectivity index (χ2v) is 7.90. The molecule has 2 saturated heterocycles. The lowest BCUT2D eigenvalue weighted by atomic mass is 9.95. The van der Waals surface area contributed by atoms with Crippen LogP contribution in [0.3, 0.4) is 0 Å². The summed E-state index contributed by atoms with van der Waals surface area (Å²) in [5, 5.41) is 0. The van der Waals surface area contributed by atoms with Gasteiger partial charge >= 0.3 is 0 Å². The number of carbonyl (C=O) groups excluding carboxylic acids is 2. The molecule has 0 bridgehead atoms. The minimum absolute atomic E-state index is 0.00490. The second kappa shape index (κ2) is 7.60. The van der Waals surface area contributed by atoms with Gasteiger partial charge in [0.25, 0.3) is 5.56 Å². The third-order valence-electron chi connectivity index (χ3n) is 5.56. The highest BCUT2D eigenvalue weighted by atomic mass is 16.2. The maximum Gasteiger partial charge on any atom is 0.253 e. The summed E-state index contributed by atoms with van der Waals surface area (Å²) >= 11 is 0. The zero-order valence-electron chi connectivity index (χ0n) is 15.9. The lowest BCUT2D eigenvalue weighted by Gasteiger charge is -2.33. The zero-order valence-corrected chi connectivity index (χ0v) is 15.9. The van der Waals surface area contributed by atoms with Crippen molar-refractivity contribution in [2.24, 2.45) is 11.8 Å². The molecule has 7 nitrogen and oxygen atoms in total. The Balaban J connectivity index is 1.53. The first-order chi connectivity index (χ1) is 12.3. The SMILES string of the molecule is CC(C)c1cc(=O)n(CC2CCN(C(=O)C3CC(=O)N(C)C3)CC2)cn1. The largest absolute Gasteiger partial charge is 0.345 e. The van der Waals surface area contributed by atoms with E-state index in [9.17, 15) is 14.4 Å². The standard InChI is InChI=1S/C19H28N4O3/c1-13(2)16-9-18(25)23(12-20-16)10-14-4-6-22(7-5-14)19(26)15-8-17(24)21(3)11-15/h9,12-15H,4-8,10-11H2,1-3H3. The van der Waals surface area contributed by atoms with Crippen LogP contribution in [0, 0.1) is 11.8 Å². The summed E-state index contributed by atoms with van der Waals surface area (Å²) < 4.78 is 1.68. The van der Waals surface area contributed by atoms with Crippen LogP contribution >= 0.6 is 0 Å². The summed E-state index contributed by atoms with van der Waals surface area (Å²) in [6, 6.07) is 1.62. The summed E-state index contributed by atoms with van der Waals surface area (Å²) in [7, 11) is 1.75. The first kappa shape index (κ1) is 18.6. The van der Waals surface area contributed by atoms with Gasteiger partial charge in [0.15, 0.2) is 0 Å². The summed E-state index contributed by atoms with van der Waals surface area (Å²) in [6.45, 7) is 6.62. The molecule has 142 valence electrons. The summed E-state index contributed by atoms with van der Waals surface area (Å²) in [5.74, 6) is 0.570. The van der Waals surface area contributed by atoms with E-state index in [4.69, 9.17) is 0 Å². The Kier molecular flexibility index (Phi) is 5.44. The Bertz CT molecular complexity index is 735. The van der Waals surface area contributed by atoms with Crippen LogP contribution in [0.4, 0.5) is 0 Å². The van der Waals surface area contributed by atoms with Gasteiger partial charge in [0.05, 0.1) is 17.9 Å². The predicted octanol–water partition coefficient (Wildman–Crippen LogP) is 1.08. The molecular weight excluding hydrogens is 332 g/mol. The van der Waals surface area contributed by atoms with Gasteiger partial charge in [-0.25, -0.2) is 4.98 Å². The van der Waals surface area contributed by atoms with Crippen molar-refractivity contribution in [3.8, 4) is 0 Å². The molecule has 0 aromatic carbocycles. The molecule has 0 radical (unpaired) electrons. The van der Waals surface area contributed by atoms with Crippen molar-refractivity contribution in [3.05, 3.63) is 28.4 Å². The number of carbonyl (C=O) groups is 2. The molecule has 26 heavy (non-hydrogen) atoms. The minimum atomic E-state index is -0.195. The Morgan fingerprint density at radius 2 is 1.96 bits per heavy atom. The van der Waals surface area contributed by atoms with Gasteiger partial charge in [0.1, 0.15) is 0 Å². The fourth-order valence-corrected chi connectivity index (χ4v) is 3.79. The molecule has 1 unspecified atom stereocenters. The van der Waals surface area contributed by atoms with Crippen molar-refractivity contribution in [3.63, 3.8) is 0 Å². The number of hydrogen-bond acceptors (Lipinski definition) is 4. The van der Waals surface area contributed by atoms with Gasteiger partial charge in [0.2, 0.25) is 11.8 Å². The molecule has 2 aliphatic rings. The lowest BCUT2D eigenvalue weighted by molar-refractivity contribution is -0.137. The van der Waals surface area contributed by atoms with Crippen LogP contribution in [0.5, 0.6) is 0 Å². The van der Waals surface area contributed by atoms with Crippen LogP contribution < -0.4 is 5.56 Å². The zero-order chi connectivity index (χ0) is 18.8. The molecule has 0 spiro atoms. The molecule has 7 heteroatoms. The van der Waals surface area contributed by atoms with Crippen LogP contribution in [-0.2, 0) is 16.1 Å². The third-order valence-corrected chi connectivity index (χ3v) is 5.56. The number of aromatic nitrogens is 2. The van der Waals surface area contributed by atoms with Crippen molar-refractivity contribution in [1.82, 2.24) is 19.4 Å². The third kappa shape index (κ3) is 3.97. The number of rotatable bonds is 4. The Morgan fingerprint density at radius 1 is 1.27 bits per heavy atom. The van der Waals surface area contributed by atoms with Crippen LogP contribution in [0.25, 0.3) is 0 Å². The van der Waals surface area contributed by atoms with E-state index in [2.05, 4.69) is 4.98 Å². The highest BCUT2D eigenvalue weighted by Gasteiger charge is 2.35. The first-order valence-electron chi connectivity index (χ1n) is 9.44. The summed E-state index contributed by atoms with van der Waals surface area (Å²) in [4.78, 5) is 44.4. The second-order valence-electron chi connectivity index (χ2n) is 7.90. The van der Waals surface area contributed by atoms with Gasteiger partial charge in [-0.1, -0.05) is 13.8 Å². The van der Waals surface area contributed by atoms with E-state index >= 15 is 0 Å². The predicted molar refractivity (Wildman–Crippen MR) is 97.6 cm³/mol. The van der Waals surface area contributed by atoms with E-state index < -0.39 is 0 Å². The van der Waals surface area contributed by atoms with Gasteiger partial charge in [-0.2, -0.15) is 0 Å². The molecule has 3 rings (SSSR count). The number of likely N-dealkylation sites (tertiary alicyclic amines) is 2. The quantitative estimate of drug-likeness (QED) is 0.805. The van der Waals surface area contributed by atoms with Crippen molar-refractivity contribution in [2.75, 3.05) is 26.7 Å². The molecule has 0 aliphatic carbocycles. The molecule has 2 aliphatic heterocycles. The van der Waals surface area contributed by atoms with Crippen LogP contribution in [0.15, 0.2) is 17.2 Å². The number of amides is 2. The molecular formula is C19H28N4O3. The monoisotopic (exact) mass is 360 g/mol. The normalized spacial score (nSPS) is 21.7. The van der Waals surface area contributed by atoms with Gasteiger partial charge in [-0.15, -0.1) is 0 Å². The van der Waals surface area contributed by atoms with Gasteiger partial charge in [0, 0.05) is 45.7 Å². The molecule has 0 saturated carbocycles. The molecule has 3 heterocycles. The van der Waals surface area contributed by atoms with Gasteiger partial charge in [-0.3, -0.25) is 19.0 Å². The molecule has 2 fully saturated rings. The Labute approximate surface area is 154 Å². The number of hydrogen-bond donors (Lipinski definition) is 0. The average molecular weight is 360 g/mol. The smallest absolute Gasteiger partial charge is 0.253 e. The number of piperidine rings is 1. The van der Waals surface area contributed by atoms with Gasteiger partial charge < -0.3 is 9.80 Å². The van der Waals surface area contributed by atoms with E-state index in [0.717, 1.165) is 18.5 Å². The molecule has 1 atom stereocenters. The maximum absolute atomic E-state index is 12.6. The average Bonchev–Trinajstić information content (AvgIpc) is 2.95. The van der Waals surface area contributed by atoms with Crippen molar-refractivity contribution < 1.29 is 9.59 Å². The molecule has 2 amide bonds. The van der Waals surface area contributed by atoms with E-state index in [1.54, 1.807) is 28.9 Å². The molecule has 0 N–H and O–H groups in total. The van der Waals surface area contributed by atoms with Crippen molar-refractivity contribution in [1.29, 1.82) is 0 Å². The van der Waals surface area contributed by atoms with E-state index in [0.29, 0.717) is 38.5 Å². The van der Waals surface area contributed by atoms with E-state index in [-0.39, 0.29) is 29.2 Å². The maximum atomic E-state index is 12.6. The first-order valence-corrected chi connectivity index (χ1v) is 9.44. The highest BCUT2D eigenvalue weighted by Crippen LogP contribution is 2.24. The van der Waals surface area contributed by atoms with Gasteiger partial charge in [-0.05, 0) is 24.7 Å². The fourth-order valence-electron chi connectivity index (χ4n) is 3.79. The summed E-state index contributed by atoms with van der Waals surface area (Å²) in [6.07, 6.45) is 3.73. The summed E-state index contributed by atoms with van der Waals surface area (Å²) in [5.41, 5.74) is 0.817. The molecule has 1 aromatic rings.